The summed E-state index contributed by atoms with van der Waals surface area (Å²) in [6, 6.07) is 13.5. The number of fused-ring (bicyclic) bond motifs is 1. The lowest BCUT2D eigenvalue weighted by Crippen LogP contribution is -2.13. The summed E-state index contributed by atoms with van der Waals surface area (Å²) in [6.45, 7) is 2.12. The Morgan fingerprint density at radius 3 is 2.96 bits per heavy atom. The van der Waals surface area contributed by atoms with Crippen molar-refractivity contribution in [3.05, 3.63) is 78.3 Å². The number of pyridine rings is 1. The minimum Gasteiger partial charge on any atom is -0.486 e. The number of aromatic nitrogens is 1. The molecule has 3 rings (SSSR count). The molecule has 2 aromatic carbocycles. The van der Waals surface area contributed by atoms with Crippen LogP contribution in [0.15, 0.2) is 66.9 Å². The number of carbonyl (C=O) groups excluding carboxylic acids is 1. The van der Waals surface area contributed by atoms with E-state index in [9.17, 15) is 9.18 Å². The maximum Gasteiger partial charge on any atom is 0.255 e. The molecule has 0 fully saturated rings. The first-order chi connectivity index (χ1) is 12.2. The van der Waals surface area contributed by atoms with Gasteiger partial charge in [0.05, 0.1) is 11.2 Å². The Morgan fingerprint density at radius 1 is 1.24 bits per heavy atom. The van der Waals surface area contributed by atoms with Crippen molar-refractivity contribution >= 4 is 22.5 Å². The largest absolute Gasteiger partial charge is 0.486 e. The van der Waals surface area contributed by atoms with E-state index < -0.39 is 11.7 Å². The van der Waals surface area contributed by atoms with Crippen LogP contribution in [0.25, 0.3) is 10.9 Å². The Morgan fingerprint density at radius 2 is 2.12 bits per heavy atom. The number of benzene rings is 2. The Balaban J connectivity index is 1.81. The molecular formula is C20H17FN2O2. The second-order valence-corrected chi connectivity index (χ2v) is 5.36. The minimum absolute atomic E-state index is 0.0780. The van der Waals surface area contributed by atoms with Crippen molar-refractivity contribution in [1.82, 2.24) is 4.98 Å². The Bertz CT molecular complexity index is 938. The van der Waals surface area contributed by atoms with Gasteiger partial charge in [0, 0.05) is 17.1 Å². The van der Waals surface area contributed by atoms with Gasteiger partial charge in [-0.1, -0.05) is 24.3 Å². The molecule has 3 aromatic rings. The van der Waals surface area contributed by atoms with Crippen molar-refractivity contribution in [2.75, 3.05) is 11.9 Å². The third-order valence-corrected chi connectivity index (χ3v) is 3.65. The topological polar surface area (TPSA) is 51.2 Å². The number of halogens is 1. The smallest absolute Gasteiger partial charge is 0.255 e. The summed E-state index contributed by atoms with van der Waals surface area (Å²) in [7, 11) is 0. The minimum atomic E-state index is -0.595. The van der Waals surface area contributed by atoms with Crippen LogP contribution in [0.5, 0.6) is 5.75 Å². The van der Waals surface area contributed by atoms with Crippen LogP contribution in [0.2, 0.25) is 0 Å². The Hall–Kier alpha value is -3.21. The predicted molar refractivity (Wildman–Crippen MR) is 96.4 cm³/mol. The molecule has 0 saturated carbocycles. The highest BCUT2D eigenvalue weighted by Crippen LogP contribution is 2.25. The number of hydrogen-bond donors (Lipinski definition) is 1. The molecule has 1 aromatic heterocycles. The number of ether oxygens (including phenoxy) is 1. The van der Waals surface area contributed by atoms with E-state index in [1.54, 1.807) is 42.6 Å². The van der Waals surface area contributed by atoms with E-state index in [0.29, 0.717) is 5.56 Å². The molecule has 0 saturated heterocycles. The number of allylic oxidation sites excluding steroid dienone is 1. The lowest BCUT2D eigenvalue weighted by molar-refractivity contribution is 0.102. The van der Waals surface area contributed by atoms with Crippen molar-refractivity contribution in [3.63, 3.8) is 0 Å². The summed E-state index contributed by atoms with van der Waals surface area (Å²) in [5.41, 5.74) is 1.30. The number of hydrogen-bond acceptors (Lipinski definition) is 3. The van der Waals surface area contributed by atoms with Crippen LogP contribution in [0.1, 0.15) is 17.3 Å². The van der Waals surface area contributed by atoms with E-state index >= 15 is 0 Å². The van der Waals surface area contributed by atoms with Gasteiger partial charge in [0.15, 0.2) is 11.6 Å². The highest BCUT2D eigenvalue weighted by atomic mass is 19.1. The van der Waals surface area contributed by atoms with E-state index in [1.165, 1.54) is 12.1 Å². The number of anilines is 1. The molecule has 1 heterocycles. The molecular weight excluding hydrogens is 319 g/mol. The standard InChI is InChI=1S/C20H17FN2O2/c1-2-3-12-25-18-8-4-7-17(19(18)21)23-20(24)15-9-10-16-14(13-15)6-5-11-22-16/h2-11,13H,12H2,1H3,(H,23,24)/b3-2+. The van der Waals surface area contributed by atoms with Gasteiger partial charge < -0.3 is 10.1 Å². The average Bonchev–Trinajstić information content (AvgIpc) is 2.64. The van der Waals surface area contributed by atoms with Crippen molar-refractivity contribution < 1.29 is 13.9 Å². The normalized spacial score (nSPS) is 11.0. The first-order valence-corrected chi connectivity index (χ1v) is 7.87. The highest BCUT2D eigenvalue weighted by molar-refractivity contribution is 6.06. The number of carbonyl (C=O) groups is 1. The number of amides is 1. The fourth-order valence-electron chi connectivity index (χ4n) is 2.36. The molecule has 126 valence electrons. The summed E-state index contributed by atoms with van der Waals surface area (Å²) in [6.07, 6.45) is 5.28. The van der Waals surface area contributed by atoms with Crippen molar-refractivity contribution in [1.29, 1.82) is 0 Å². The van der Waals surface area contributed by atoms with Gasteiger partial charge >= 0.3 is 0 Å². The van der Waals surface area contributed by atoms with Crippen LogP contribution in [-0.2, 0) is 0 Å². The SMILES string of the molecule is C/C=C/COc1cccc(NC(=O)c2ccc3ncccc3c2)c1F. The summed E-state index contributed by atoms with van der Waals surface area (Å²) >= 11 is 0. The van der Waals surface area contributed by atoms with E-state index in [4.69, 9.17) is 4.74 Å². The number of nitrogens with one attached hydrogen (secondary N) is 1. The second kappa shape index (κ2) is 7.57. The van der Waals surface area contributed by atoms with Crippen LogP contribution >= 0.6 is 0 Å². The van der Waals surface area contributed by atoms with Gasteiger partial charge in [-0.25, -0.2) is 4.39 Å². The van der Waals surface area contributed by atoms with E-state index in [0.717, 1.165) is 10.9 Å². The molecule has 1 amide bonds. The molecule has 0 aliphatic carbocycles. The molecule has 1 N–H and O–H groups in total. The quantitative estimate of drug-likeness (QED) is 0.694. The zero-order chi connectivity index (χ0) is 17.6. The van der Waals surface area contributed by atoms with E-state index in [1.807, 2.05) is 19.1 Å². The molecule has 0 aliphatic heterocycles. The lowest BCUT2D eigenvalue weighted by Gasteiger charge is -2.10. The average molecular weight is 336 g/mol. The Kier molecular flexibility index (Phi) is 5.04. The second-order valence-electron chi connectivity index (χ2n) is 5.36. The molecule has 4 nitrogen and oxygen atoms in total. The molecule has 0 unspecified atom stereocenters. The zero-order valence-corrected chi connectivity index (χ0v) is 13.7. The van der Waals surface area contributed by atoms with Gasteiger partial charge in [-0.05, 0) is 43.3 Å². The van der Waals surface area contributed by atoms with Gasteiger partial charge in [-0.15, -0.1) is 0 Å². The predicted octanol–water partition coefficient (Wildman–Crippen LogP) is 4.58. The van der Waals surface area contributed by atoms with Crippen LogP contribution < -0.4 is 10.1 Å². The van der Waals surface area contributed by atoms with Crippen molar-refractivity contribution in [2.24, 2.45) is 0 Å². The summed E-state index contributed by atoms with van der Waals surface area (Å²) in [5, 5.41) is 3.44. The Labute approximate surface area is 145 Å². The number of rotatable bonds is 5. The van der Waals surface area contributed by atoms with Gasteiger partial charge in [0.1, 0.15) is 6.61 Å². The molecule has 0 spiro atoms. The fraction of sp³-hybridized carbons (Fsp3) is 0.100. The lowest BCUT2D eigenvalue weighted by atomic mass is 10.1. The number of nitrogens with zero attached hydrogens (tertiary/aromatic N) is 1. The van der Waals surface area contributed by atoms with Crippen LogP contribution in [0, 0.1) is 5.82 Å². The monoisotopic (exact) mass is 336 g/mol. The summed E-state index contributed by atoms with van der Waals surface area (Å²) < 4.78 is 19.8. The molecule has 5 heteroatoms. The van der Waals surface area contributed by atoms with Crippen molar-refractivity contribution in [3.8, 4) is 5.75 Å². The zero-order valence-electron chi connectivity index (χ0n) is 13.7. The van der Waals surface area contributed by atoms with Gasteiger partial charge in [0.25, 0.3) is 5.91 Å². The van der Waals surface area contributed by atoms with Crippen LogP contribution in [0.4, 0.5) is 10.1 Å². The van der Waals surface area contributed by atoms with Crippen molar-refractivity contribution in [2.45, 2.75) is 6.92 Å². The van der Waals surface area contributed by atoms with Gasteiger partial charge in [-0.3, -0.25) is 9.78 Å². The first kappa shape index (κ1) is 16.6. The highest BCUT2D eigenvalue weighted by Gasteiger charge is 2.13. The van der Waals surface area contributed by atoms with Gasteiger partial charge in [0.2, 0.25) is 0 Å². The third kappa shape index (κ3) is 3.83. The first-order valence-electron chi connectivity index (χ1n) is 7.87. The third-order valence-electron chi connectivity index (χ3n) is 3.65. The molecule has 0 aliphatic rings. The molecule has 0 radical (unpaired) electrons. The maximum atomic E-state index is 14.5. The summed E-state index contributed by atoms with van der Waals surface area (Å²) in [4.78, 5) is 16.6. The fourth-order valence-corrected chi connectivity index (χ4v) is 2.36. The summed E-state index contributed by atoms with van der Waals surface area (Å²) in [5.74, 6) is -0.892. The van der Waals surface area contributed by atoms with Crippen LogP contribution in [-0.4, -0.2) is 17.5 Å². The molecule has 25 heavy (non-hydrogen) atoms. The molecule has 0 bridgehead atoms. The molecule has 0 atom stereocenters. The van der Waals surface area contributed by atoms with E-state index in [2.05, 4.69) is 10.3 Å². The maximum absolute atomic E-state index is 14.5. The van der Waals surface area contributed by atoms with Crippen LogP contribution in [0.3, 0.4) is 0 Å². The van der Waals surface area contributed by atoms with Gasteiger partial charge in [-0.2, -0.15) is 0 Å². The van der Waals surface area contributed by atoms with E-state index in [-0.39, 0.29) is 18.0 Å².